The van der Waals surface area contributed by atoms with Crippen molar-refractivity contribution >= 4 is 62.3 Å². The second kappa shape index (κ2) is 14.0. The van der Waals surface area contributed by atoms with Crippen molar-refractivity contribution in [1.29, 1.82) is 0 Å². The van der Waals surface area contributed by atoms with Gasteiger partial charge in [-0.3, -0.25) is 13.9 Å². The van der Waals surface area contributed by atoms with Crippen LogP contribution in [0.2, 0.25) is 15.1 Å². The molecule has 0 radical (unpaired) electrons. The summed E-state index contributed by atoms with van der Waals surface area (Å²) in [5, 5.41) is 3.82. The first-order valence-corrected chi connectivity index (χ1v) is 15.3. The van der Waals surface area contributed by atoms with E-state index in [-0.39, 0.29) is 34.6 Å². The number of halogens is 3. The van der Waals surface area contributed by atoms with E-state index in [2.05, 4.69) is 5.32 Å². The van der Waals surface area contributed by atoms with Gasteiger partial charge >= 0.3 is 0 Å². The molecule has 0 saturated carbocycles. The van der Waals surface area contributed by atoms with Crippen LogP contribution in [0.5, 0.6) is 0 Å². The van der Waals surface area contributed by atoms with Crippen molar-refractivity contribution < 1.29 is 18.0 Å². The summed E-state index contributed by atoms with van der Waals surface area (Å²) in [5.74, 6) is -0.891. The Morgan fingerprint density at radius 2 is 1.56 bits per heavy atom. The van der Waals surface area contributed by atoms with Crippen LogP contribution in [-0.4, -0.2) is 50.5 Å². The van der Waals surface area contributed by atoms with E-state index >= 15 is 0 Å². The van der Waals surface area contributed by atoms with Crippen LogP contribution < -0.4 is 9.62 Å². The van der Waals surface area contributed by atoms with E-state index in [1.54, 1.807) is 24.3 Å². The van der Waals surface area contributed by atoms with Crippen molar-refractivity contribution in [2.24, 2.45) is 0 Å². The minimum atomic E-state index is -3.91. The van der Waals surface area contributed by atoms with E-state index in [1.165, 1.54) is 23.1 Å². The van der Waals surface area contributed by atoms with Gasteiger partial charge in [0.1, 0.15) is 12.6 Å². The molecule has 0 fully saturated rings. The number of carbonyl (C=O) groups is 2. The Labute approximate surface area is 244 Å². The Hall–Kier alpha value is -2.78. The fraction of sp³-hybridized carbons (Fsp3) is 0.286. The van der Waals surface area contributed by atoms with Gasteiger partial charge in [-0.15, -0.1) is 0 Å². The number of nitrogens with zero attached hydrogens (tertiary/aromatic N) is 2. The van der Waals surface area contributed by atoms with Gasteiger partial charge in [-0.25, -0.2) is 8.42 Å². The van der Waals surface area contributed by atoms with Crippen molar-refractivity contribution in [2.45, 2.75) is 32.4 Å². The second-order valence-electron chi connectivity index (χ2n) is 9.01. The Balaban J connectivity index is 2.04. The molecule has 0 saturated heterocycles. The van der Waals surface area contributed by atoms with Crippen molar-refractivity contribution in [3.05, 3.63) is 99.0 Å². The number of sulfonamides is 1. The van der Waals surface area contributed by atoms with Gasteiger partial charge in [-0.2, -0.15) is 0 Å². The van der Waals surface area contributed by atoms with E-state index in [1.807, 2.05) is 37.3 Å². The second-order valence-corrected chi connectivity index (χ2v) is 12.2. The smallest absolute Gasteiger partial charge is 0.244 e. The first-order valence-electron chi connectivity index (χ1n) is 12.3. The third-order valence-electron chi connectivity index (χ3n) is 5.96. The molecular weight excluding hydrogens is 581 g/mol. The van der Waals surface area contributed by atoms with E-state index in [0.29, 0.717) is 18.0 Å². The molecular formula is C28H30Cl3N3O4S. The van der Waals surface area contributed by atoms with Crippen molar-refractivity contribution in [3.8, 4) is 0 Å². The predicted molar refractivity (Wildman–Crippen MR) is 158 cm³/mol. The molecule has 0 aliphatic heterocycles. The van der Waals surface area contributed by atoms with Gasteiger partial charge in [-0.05, 0) is 47.9 Å². The number of anilines is 1. The van der Waals surface area contributed by atoms with Crippen molar-refractivity contribution in [2.75, 3.05) is 23.7 Å². The summed E-state index contributed by atoms with van der Waals surface area (Å²) in [7, 11) is -3.91. The normalized spacial score (nSPS) is 12.0. The number of hydrogen-bond acceptors (Lipinski definition) is 4. The van der Waals surface area contributed by atoms with Gasteiger partial charge in [0, 0.05) is 24.5 Å². The van der Waals surface area contributed by atoms with Gasteiger partial charge in [-0.1, -0.05) is 84.2 Å². The summed E-state index contributed by atoms with van der Waals surface area (Å²) in [5.41, 5.74) is 1.77. The molecule has 0 bridgehead atoms. The maximum atomic E-state index is 14.0. The SMILES string of the molecule is CCCNC(=O)[C@H](Cc1ccccc1)N(Cc1ccc(Cl)cc1)C(=O)CN(c1ccc(Cl)c(Cl)c1)S(C)(=O)=O. The molecule has 3 aromatic carbocycles. The van der Waals surface area contributed by atoms with E-state index in [4.69, 9.17) is 34.8 Å². The van der Waals surface area contributed by atoms with Crippen molar-refractivity contribution in [3.63, 3.8) is 0 Å². The molecule has 1 N–H and O–H groups in total. The molecule has 208 valence electrons. The third kappa shape index (κ3) is 8.86. The summed E-state index contributed by atoms with van der Waals surface area (Å²) >= 11 is 18.2. The molecule has 11 heteroatoms. The average Bonchev–Trinajstić information content (AvgIpc) is 2.90. The molecule has 0 aliphatic rings. The maximum Gasteiger partial charge on any atom is 0.244 e. The Bertz CT molecular complexity index is 1390. The molecule has 1 atom stereocenters. The maximum absolute atomic E-state index is 14.0. The van der Waals surface area contributed by atoms with Gasteiger partial charge in [0.05, 0.1) is 22.0 Å². The highest BCUT2D eigenvalue weighted by molar-refractivity contribution is 7.92. The fourth-order valence-electron chi connectivity index (χ4n) is 3.96. The molecule has 3 aromatic rings. The standard InChI is InChI=1S/C28H30Cl3N3O4S/c1-3-15-32-28(36)26(16-20-7-5-4-6-8-20)33(18-21-9-11-22(29)12-10-21)27(35)19-34(39(2,37)38)23-13-14-24(30)25(31)17-23/h4-14,17,26H,3,15-16,18-19H2,1-2H3,(H,32,36)/t26-/m0/s1. The predicted octanol–water partition coefficient (Wildman–Crippen LogP) is 5.58. The minimum Gasteiger partial charge on any atom is -0.354 e. The molecule has 3 rings (SSSR count). The van der Waals surface area contributed by atoms with Crippen LogP contribution in [-0.2, 0) is 32.6 Å². The lowest BCUT2D eigenvalue weighted by atomic mass is 10.0. The van der Waals surface area contributed by atoms with Crippen LogP contribution in [0.25, 0.3) is 0 Å². The first kappa shape index (κ1) is 30.8. The molecule has 39 heavy (non-hydrogen) atoms. The zero-order valence-corrected chi connectivity index (χ0v) is 24.7. The largest absolute Gasteiger partial charge is 0.354 e. The highest BCUT2D eigenvalue weighted by Gasteiger charge is 2.33. The summed E-state index contributed by atoms with van der Waals surface area (Å²) < 4.78 is 26.6. The topological polar surface area (TPSA) is 86.8 Å². The third-order valence-corrected chi connectivity index (χ3v) is 8.09. The first-order chi connectivity index (χ1) is 18.5. The zero-order chi connectivity index (χ0) is 28.6. The molecule has 2 amide bonds. The zero-order valence-electron chi connectivity index (χ0n) is 21.6. The molecule has 0 aliphatic carbocycles. The quantitative estimate of drug-likeness (QED) is 0.290. The number of benzene rings is 3. The van der Waals surface area contributed by atoms with E-state index in [0.717, 1.165) is 21.7 Å². The number of rotatable bonds is 12. The fourth-order valence-corrected chi connectivity index (χ4v) is 5.22. The average molecular weight is 611 g/mol. The van der Waals surface area contributed by atoms with Gasteiger partial charge in [0.2, 0.25) is 21.8 Å². The van der Waals surface area contributed by atoms with Gasteiger partial charge in [0.15, 0.2) is 0 Å². The number of nitrogens with one attached hydrogen (secondary N) is 1. The summed E-state index contributed by atoms with van der Waals surface area (Å²) in [4.78, 5) is 28.8. The van der Waals surface area contributed by atoms with Crippen LogP contribution >= 0.6 is 34.8 Å². The number of hydrogen-bond donors (Lipinski definition) is 1. The monoisotopic (exact) mass is 609 g/mol. The Morgan fingerprint density at radius 3 is 2.15 bits per heavy atom. The number of amides is 2. The highest BCUT2D eigenvalue weighted by atomic mass is 35.5. The lowest BCUT2D eigenvalue weighted by molar-refractivity contribution is -0.140. The van der Waals surface area contributed by atoms with Crippen LogP contribution in [0.1, 0.15) is 24.5 Å². The summed E-state index contributed by atoms with van der Waals surface area (Å²) in [6.07, 6.45) is 1.96. The van der Waals surface area contributed by atoms with Crippen LogP contribution in [0, 0.1) is 0 Å². The Kier molecular flexibility index (Phi) is 11.1. The molecule has 0 spiro atoms. The Morgan fingerprint density at radius 1 is 0.897 bits per heavy atom. The van der Waals surface area contributed by atoms with Crippen LogP contribution in [0.15, 0.2) is 72.8 Å². The number of carbonyl (C=O) groups excluding carboxylic acids is 2. The lowest BCUT2D eigenvalue weighted by Gasteiger charge is -2.33. The molecule has 0 heterocycles. The van der Waals surface area contributed by atoms with Crippen LogP contribution in [0.3, 0.4) is 0 Å². The van der Waals surface area contributed by atoms with Crippen LogP contribution in [0.4, 0.5) is 5.69 Å². The molecule has 0 aromatic heterocycles. The van der Waals surface area contributed by atoms with Crippen molar-refractivity contribution in [1.82, 2.24) is 10.2 Å². The minimum absolute atomic E-state index is 0.0615. The molecule has 0 unspecified atom stereocenters. The summed E-state index contributed by atoms with van der Waals surface area (Å²) in [6, 6.07) is 19.7. The molecule has 7 nitrogen and oxygen atoms in total. The van der Waals surface area contributed by atoms with Gasteiger partial charge in [0.25, 0.3) is 0 Å². The van der Waals surface area contributed by atoms with Gasteiger partial charge < -0.3 is 10.2 Å². The highest BCUT2D eigenvalue weighted by Crippen LogP contribution is 2.29. The lowest BCUT2D eigenvalue weighted by Crippen LogP contribution is -2.53. The van der Waals surface area contributed by atoms with E-state index < -0.39 is 28.5 Å². The van der Waals surface area contributed by atoms with E-state index in [9.17, 15) is 18.0 Å². The summed E-state index contributed by atoms with van der Waals surface area (Å²) in [6.45, 7) is 1.89.